The fourth-order valence-electron chi connectivity index (χ4n) is 3.35. The lowest BCUT2D eigenvalue weighted by atomic mass is 10.00. The van der Waals surface area contributed by atoms with Crippen LogP contribution in [0.5, 0.6) is 11.5 Å². The standard InChI is InChI=1S/C21H26O2Si/c1-14(2)24(15(3)4)22-20-9-7-16(5)11-18(20)13-19-12-17(6)8-10-21(19)23-24/h7-12,15H,1,13H2,2-6H3. The Balaban J connectivity index is 2.25. The molecule has 2 nitrogen and oxygen atoms in total. The van der Waals surface area contributed by atoms with E-state index < -0.39 is 8.56 Å². The number of benzene rings is 2. The van der Waals surface area contributed by atoms with E-state index in [1.54, 1.807) is 0 Å². The summed E-state index contributed by atoms with van der Waals surface area (Å²) in [6, 6.07) is 12.8. The highest BCUT2D eigenvalue weighted by Gasteiger charge is 2.48. The quantitative estimate of drug-likeness (QED) is 0.660. The Morgan fingerprint density at radius 2 is 1.42 bits per heavy atom. The largest absolute Gasteiger partial charge is 0.509 e. The molecule has 0 fully saturated rings. The third-order valence-electron chi connectivity index (χ3n) is 4.69. The van der Waals surface area contributed by atoms with E-state index in [1.165, 1.54) is 22.3 Å². The summed E-state index contributed by atoms with van der Waals surface area (Å²) >= 11 is 0. The van der Waals surface area contributed by atoms with Crippen LogP contribution in [0.15, 0.2) is 48.2 Å². The Morgan fingerprint density at radius 1 is 0.958 bits per heavy atom. The van der Waals surface area contributed by atoms with Gasteiger partial charge in [-0.2, -0.15) is 0 Å². The highest BCUT2D eigenvalue weighted by molar-refractivity contribution is 6.77. The number of aryl methyl sites for hydroxylation is 2. The molecule has 1 aliphatic rings. The number of rotatable bonds is 2. The van der Waals surface area contributed by atoms with Gasteiger partial charge in [-0.3, -0.25) is 0 Å². The monoisotopic (exact) mass is 338 g/mol. The highest BCUT2D eigenvalue weighted by atomic mass is 28.4. The maximum atomic E-state index is 6.61. The lowest BCUT2D eigenvalue weighted by Gasteiger charge is -2.37. The molecule has 0 N–H and O–H groups in total. The van der Waals surface area contributed by atoms with E-state index in [2.05, 4.69) is 70.7 Å². The second kappa shape index (κ2) is 6.13. The van der Waals surface area contributed by atoms with Crippen LogP contribution in [0, 0.1) is 13.8 Å². The molecule has 0 saturated heterocycles. The zero-order valence-electron chi connectivity index (χ0n) is 15.3. The smallest absolute Gasteiger partial charge is 0.493 e. The van der Waals surface area contributed by atoms with E-state index in [1.807, 2.05) is 6.92 Å². The second-order valence-electron chi connectivity index (χ2n) is 7.21. The molecular weight excluding hydrogens is 312 g/mol. The number of hydrogen-bond acceptors (Lipinski definition) is 2. The van der Waals surface area contributed by atoms with Gasteiger partial charge in [-0.1, -0.05) is 55.8 Å². The minimum absolute atomic E-state index is 0.261. The predicted molar refractivity (Wildman–Crippen MR) is 102 cm³/mol. The third kappa shape index (κ3) is 2.89. The summed E-state index contributed by atoms with van der Waals surface area (Å²) in [6.45, 7) is 14.9. The van der Waals surface area contributed by atoms with Crippen molar-refractivity contribution in [2.45, 2.75) is 46.6 Å². The Hall–Kier alpha value is -2.00. The summed E-state index contributed by atoms with van der Waals surface area (Å²) in [5.41, 5.74) is 5.21. The molecule has 0 aliphatic carbocycles. The van der Waals surface area contributed by atoms with Crippen molar-refractivity contribution in [1.82, 2.24) is 0 Å². The van der Waals surface area contributed by atoms with Crippen molar-refractivity contribution < 1.29 is 8.85 Å². The third-order valence-corrected chi connectivity index (χ3v) is 8.45. The van der Waals surface area contributed by atoms with E-state index in [-0.39, 0.29) is 5.54 Å². The lowest BCUT2D eigenvalue weighted by molar-refractivity contribution is 0.369. The van der Waals surface area contributed by atoms with E-state index in [0.717, 1.165) is 23.1 Å². The van der Waals surface area contributed by atoms with Gasteiger partial charge in [-0.25, -0.2) is 0 Å². The van der Waals surface area contributed by atoms with Crippen LogP contribution in [0.25, 0.3) is 0 Å². The van der Waals surface area contributed by atoms with Crippen molar-refractivity contribution in [3.63, 3.8) is 0 Å². The lowest BCUT2D eigenvalue weighted by Crippen LogP contribution is -2.53. The molecule has 0 radical (unpaired) electrons. The first kappa shape index (κ1) is 16.8. The van der Waals surface area contributed by atoms with Crippen LogP contribution in [-0.2, 0) is 6.42 Å². The normalized spacial score (nSPS) is 15.4. The number of allylic oxidation sites excluding steroid dienone is 1. The van der Waals surface area contributed by atoms with Gasteiger partial charge in [0.25, 0.3) is 0 Å². The fourth-order valence-corrected chi connectivity index (χ4v) is 6.25. The van der Waals surface area contributed by atoms with Crippen molar-refractivity contribution >= 4 is 8.56 Å². The molecule has 1 aliphatic heterocycles. The van der Waals surface area contributed by atoms with Crippen molar-refractivity contribution in [1.29, 1.82) is 0 Å². The average molecular weight is 339 g/mol. The molecule has 1 heterocycles. The van der Waals surface area contributed by atoms with Gasteiger partial charge in [0.15, 0.2) is 0 Å². The van der Waals surface area contributed by atoms with Crippen LogP contribution in [0.2, 0.25) is 5.54 Å². The SMILES string of the molecule is C=C(C)[Si]1(C(C)C)Oc2ccc(C)cc2Cc2cc(C)ccc2O1. The Labute approximate surface area is 146 Å². The van der Waals surface area contributed by atoms with Crippen LogP contribution >= 0.6 is 0 Å². The molecule has 126 valence electrons. The second-order valence-corrected chi connectivity index (χ2v) is 11.0. The molecule has 0 spiro atoms. The topological polar surface area (TPSA) is 18.5 Å². The summed E-state index contributed by atoms with van der Waals surface area (Å²) in [5, 5.41) is 1.01. The zero-order chi connectivity index (χ0) is 17.5. The van der Waals surface area contributed by atoms with Crippen LogP contribution in [0.1, 0.15) is 43.0 Å². The van der Waals surface area contributed by atoms with Crippen LogP contribution in [-0.4, -0.2) is 8.56 Å². The Morgan fingerprint density at radius 3 is 1.79 bits per heavy atom. The molecule has 0 unspecified atom stereocenters. The van der Waals surface area contributed by atoms with Crippen LogP contribution in [0.4, 0.5) is 0 Å². The Kier molecular flexibility index (Phi) is 4.30. The van der Waals surface area contributed by atoms with E-state index >= 15 is 0 Å². The van der Waals surface area contributed by atoms with Gasteiger partial charge in [-0.05, 0) is 49.2 Å². The predicted octanol–water partition coefficient (Wildman–Crippen LogP) is 5.63. The van der Waals surface area contributed by atoms with Gasteiger partial charge in [0.1, 0.15) is 11.5 Å². The highest BCUT2D eigenvalue weighted by Crippen LogP contribution is 2.39. The molecular formula is C21H26O2Si. The molecule has 24 heavy (non-hydrogen) atoms. The first-order valence-corrected chi connectivity index (χ1v) is 10.4. The summed E-state index contributed by atoms with van der Waals surface area (Å²) in [6.07, 6.45) is 0.826. The number of hydrogen-bond donors (Lipinski definition) is 0. The molecule has 0 atom stereocenters. The summed E-state index contributed by atoms with van der Waals surface area (Å²) in [7, 11) is -2.65. The van der Waals surface area contributed by atoms with Crippen LogP contribution in [0.3, 0.4) is 0 Å². The van der Waals surface area contributed by atoms with Crippen molar-refractivity contribution in [3.8, 4) is 11.5 Å². The molecule has 2 aromatic rings. The van der Waals surface area contributed by atoms with E-state index in [0.29, 0.717) is 0 Å². The Bertz CT molecular complexity index is 739. The molecule has 3 rings (SSSR count). The van der Waals surface area contributed by atoms with Crippen molar-refractivity contribution in [3.05, 3.63) is 70.4 Å². The minimum Gasteiger partial charge on any atom is -0.509 e. The summed E-state index contributed by atoms with van der Waals surface area (Å²) in [5.74, 6) is 1.88. The molecule has 3 heteroatoms. The van der Waals surface area contributed by atoms with Crippen molar-refractivity contribution in [2.24, 2.45) is 0 Å². The minimum atomic E-state index is -2.65. The maximum absolute atomic E-state index is 6.61. The molecule has 0 amide bonds. The average Bonchev–Trinajstić information content (AvgIpc) is 2.48. The first-order chi connectivity index (χ1) is 11.3. The molecule has 2 aromatic carbocycles. The van der Waals surface area contributed by atoms with Gasteiger partial charge in [0.2, 0.25) is 0 Å². The van der Waals surface area contributed by atoms with E-state index in [9.17, 15) is 0 Å². The van der Waals surface area contributed by atoms with Gasteiger partial charge >= 0.3 is 8.56 Å². The fraction of sp³-hybridized carbons (Fsp3) is 0.333. The summed E-state index contributed by atoms with van der Waals surface area (Å²) < 4.78 is 13.2. The van der Waals surface area contributed by atoms with Crippen molar-refractivity contribution in [2.75, 3.05) is 0 Å². The van der Waals surface area contributed by atoms with Gasteiger partial charge in [0.05, 0.1) is 0 Å². The van der Waals surface area contributed by atoms with Gasteiger partial charge in [-0.15, -0.1) is 0 Å². The zero-order valence-corrected chi connectivity index (χ0v) is 16.3. The first-order valence-electron chi connectivity index (χ1n) is 8.55. The maximum Gasteiger partial charge on any atom is 0.493 e. The summed E-state index contributed by atoms with van der Waals surface area (Å²) in [4.78, 5) is 0. The molecule has 0 aromatic heterocycles. The van der Waals surface area contributed by atoms with E-state index in [4.69, 9.17) is 8.85 Å². The molecule has 0 saturated carbocycles. The number of fused-ring (bicyclic) bond motifs is 2. The van der Waals surface area contributed by atoms with Gasteiger partial charge < -0.3 is 8.85 Å². The molecule has 0 bridgehead atoms. The van der Waals surface area contributed by atoms with Crippen LogP contribution < -0.4 is 8.85 Å². The van der Waals surface area contributed by atoms with Gasteiger partial charge in [0, 0.05) is 12.0 Å².